The summed E-state index contributed by atoms with van der Waals surface area (Å²) >= 11 is 9.20. The molecular weight excluding hydrogens is 583 g/mol. The highest BCUT2D eigenvalue weighted by Crippen LogP contribution is 2.41. The molecule has 0 aliphatic carbocycles. The molecule has 1 heterocycles. The van der Waals surface area contributed by atoms with E-state index < -0.39 is 11.3 Å². The number of carbonyl (C=O) groups is 3. The number of benzene rings is 1. The molecule has 1 amide bonds. The normalized spacial score (nSPS) is 15.0. The minimum Gasteiger partial charge on any atom is -0.464 e. The number of likely N-dealkylation sites (tertiary alicyclic amines) is 1. The Hall–Kier alpha value is -1.38. The monoisotopic (exact) mass is 635 g/mol. The van der Waals surface area contributed by atoms with E-state index in [0.29, 0.717) is 25.8 Å². The molecule has 1 aromatic carbocycles. The van der Waals surface area contributed by atoms with Crippen LogP contribution in [0.3, 0.4) is 0 Å². The average molecular weight is 636 g/mol. The predicted octanol–water partition coefficient (Wildman–Crippen LogP) is 9.19. The van der Waals surface area contributed by atoms with Gasteiger partial charge >= 0.3 is 5.97 Å². The molecule has 2 rings (SSSR count). The lowest BCUT2D eigenvalue weighted by molar-refractivity contribution is -0.151. The summed E-state index contributed by atoms with van der Waals surface area (Å²) < 4.78 is 6.59. The van der Waals surface area contributed by atoms with Crippen LogP contribution in [0.5, 0.6) is 0 Å². The Morgan fingerprint density at radius 3 is 2.29 bits per heavy atom. The van der Waals surface area contributed by atoms with Gasteiger partial charge in [-0.3, -0.25) is 9.59 Å². The van der Waals surface area contributed by atoms with Gasteiger partial charge in [0.1, 0.15) is 16.4 Å². The van der Waals surface area contributed by atoms with E-state index in [9.17, 15) is 14.4 Å². The van der Waals surface area contributed by atoms with Crippen LogP contribution in [0, 0.1) is 11.3 Å². The van der Waals surface area contributed by atoms with Gasteiger partial charge in [0.25, 0.3) is 0 Å². The lowest BCUT2D eigenvalue weighted by Crippen LogP contribution is -2.32. The number of carbonyl (C=O) groups excluding carboxylic acids is 3. The van der Waals surface area contributed by atoms with Crippen molar-refractivity contribution in [3.63, 3.8) is 0 Å². The fraction of sp³-hybridized carbons (Fsp3) is 0.706. The van der Waals surface area contributed by atoms with Crippen LogP contribution in [-0.2, 0) is 19.1 Å². The summed E-state index contributed by atoms with van der Waals surface area (Å²) in [4.78, 5) is 38.8. The summed E-state index contributed by atoms with van der Waals surface area (Å²) in [5, 5.41) is -0.0147. The molecule has 2 atom stereocenters. The van der Waals surface area contributed by atoms with Crippen LogP contribution >= 0.6 is 35.7 Å². The van der Waals surface area contributed by atoms with Crippen molar-refractivity contribution in [3.8, 4) is 0 Å². The van der Waals surface area contributed by atoms with Crippen molar-refractivity contribution in [2.45, 2.75) is 116 Å². The SMILES string of the molecule is CCCCCCCCCCCCSC(=S)SC(CC(CC(C)(C)C=O)C(=O)OCCN1CCCC1=O)c1ccccc1. The fourth-order valence-corrected chi connectivity index (χ4v) is 8.17. The molecule has 1 aliphatic heterocycles. The number of thioether (sulfide) groups is 2. The molecule has 0 N–H and O–H groups in total. The zero-order valence-electron chi connectivity index (χ0n) is 26.2. The molecule has 0 radical (unpaired) electrons. The van der Waals surface area contributed by atoms with Gasteiger partial charge in [-0.25, -0.2) is 0 Å². The smallest absolute Gasteiger partial charge is 0.309 e. The summed E-state index contributed by atoms with van der Waals surface area (Å²) in [5.41, 5.74) is 0.472. The number of hydrogen-bond donors (Lipinski definition) is 0. The van der Waals surface area contributed by atoms with Crippen molar-refractivity contribution in [2.75, 3.05) is 25.4 Å². The first kappa shape index (κ1) is 36.8. The van der Waals surface area contributed by atoms with Gasteiger partial charge < -0.3 is 14.4 Å². The van der Waals surface area contributed by atoms with Gasteiger partial charge in [0.15, 0.2) is 0 Å². The maximum Gasteiger partial charge on any atom is 0.309 e. The van der Waals surface area contributed by atoms with Crippen LogP contribution in [0.25, 0.3) is 0 Å². The topological polar surface area (TPSA) is 63.7 Å². The second kappa shape index (κ2) is 21.3. The van der Waals surface area contributed by atoms with Crippen LogP contribution in [0.2, 0.25) is 0 Å². The van der Waals surface area contributed by atoms with E-state index in [-0.39, 0.29) is 23.7 Å². The zero-order chi connectivity index (χ0) is 30.6. The highest BCUT2D eigenvalue weighted by Gasteiger charge is 2.32. The molecule has 8 heteroatoms. The van der Waals surface area contributed by atoms with Gasteiger partial charge in [0.05, 0.1) is 12.5 Å². The number of amides is 1. The molecule has 1 aromatic rings. The summed E-state index contributed by atoms with van der Waals surface area (Å²) in [6.07, 6.45) is 16.5. The highest BCUT2D eigenvalue weighted by atomic mass is 32.2. The number of unbranched alkanes of at least 4 members (excludes halogenated alkanes) is 9. The summed E-state index contributed by atoms with van der Waals surface area (Å²) in [5.74, 6) is 0.381. The van der Waals surface area contributed by atoms with Crippen LogP contribution < -0.4 is 0 Å². The lowest BCUT2D eigenvalue weighted by Gasteiger charge is -2.27. The van der Waals surface area contributed by atoms with Gasteiger partial charge in [0, 0.05) is 23.6 Å². The number of rotatable bonds is 22. The van der Waals surface area contributed by atoms with Crippen LogP contribution in [-0.4, -0.2) is 52.0 Å². The highest BCUT2D eigenvalue weighted by molar-refractivity contribution is 8.47. The molecule has 42 heavy (non-hydrogen) atoms. The average Bonchev–Trinajstić information content (AvgIpc) is 3.39. The molecule has 0 saturated carbocycles. The van der Waals surface area contributed by atoms with Crippen molar-refractivity contribution in [1.82, 2.24) is 4.90 Å². The Bertz CT molecular complexity index is 940. The number of hydrogen-bond acceptors (Lipinski definition) is 7. The van der Waals surface area contributed by atoms with Crippen molar-refractivity contribution >= 4 is 57.4 Å². The number of nitrogens with zero attached hydrogens (tertiary/aromatic N) is 1. The minimum absolute atomic E-state index is 0.0147. The largest absolute Gasteiger partial charge is 0.464 e. The third kappa shape index (κ3) is 15.4. The van der Waals surface area contributed by atoms with Gasteiger partial charge in [-0.05, 0) is 37.0 Å². The zero-order valence-corrected chi connectivity index (χ0v) is 28.6. The first-order valence-electron chi connectivity index (χ1n) is 16.0. The quantitative estimate of drug-likeness (QED) is 0.0545. The van der Waals surface area contributed by atoms with Crippen molar-refractivity contribution in [2.24, 2.45) is 11.3 Å². The summed E-state index contributed by atoms with van der Waals surface area (Å²) in [7, 11) is 0. The van der Waals surface area contributed by atoms with Crippen molar-refractivity contribution in [1.29, 1.82) is 0 Å². The molecule has 2 unspecified atom stereocenters. The first-order valence-corrected chi connectivity index (χ1v) is 18.3. The van der Waals surface area contributed by atoms with E-state index >= 15 is 0 Å². The number of ether oxygens (including phenoxy) is 1. The Morgan fingerprint density at radius 1 is 1.05 bits per heavy atom. The van der Waals surface area contributed by atoms with Gasteiger partial charge in [-0.15, -0.1) is 11.8 Å². The molecule has 1 aliphatic rings. The third-order valence-electron chi connectivity index (χ3n) is 7.83. The first-order chi connectivity index (χ1) is 20.3. The van der Waals surface area contributed by atoms with Crippen LogP contribution in [0.1, 0.15) is 121 Å². The predicted molar refractivity (Wildman–Crippen MR) is 183 cm³/mol. The Morgan fingerprint density at radius 2 is 1.69 bits per heavy atom. The molecule has 0 spiro atoms. The molecule has 0 bridgehead atoms. The van der Waals surface area contributed by atoms with Gasteiger partial charge in [-0.1, -0.05) is 133 Å². The molecule has 1 saturated heterocycles. The third-order valence-corrected chi connectivity index (χ3v) is 10.8. The molecule has 236 valence electrons. The number of aldehydes is 1. The second-order valence-corrected chi connectivity index (χ2v) is 15.7. The maximum atomic E-state index is 13.3. The number of thiocarbonyl (C=S) groups is 1. The maximum absolute atomic E-state index is 13.3. The molecule has 1 fully saturated rings. The molecular formula is C34H53NO4S3. The van der Waals surface area contributed by atoms with Crippen LogP contribution in [0.4, 0.5) is 0 Å². The summed E-state index contributed by atoms with van der Waals surface area (Å²) in [6.45, 7) is 7.31. The van der Waals surface area contributed by atoms with E-state index in [2.05, 4.69) is 19.1 Å². The standard InChI is InChI=1S/C34H53NO4S3/c1-4-5-6-7-8-9-10-11-12-16-24-41-33(40)42-30(28-18-14-13-15-19-28)25-29(26-34(2,3)27-36)32(38)39-23-22-35-21-17-20-31(35)37/h13-15,18-19,27,29-30H,4-12,16-17,20-26H2,1-3H3. The Kier molecular flexibility index (Phi) is 18.7. The van der Waals surface area contributed by atoms with Gasteiger partial charge in [-0.2, -0.15) is 0 Å². The lowest BCUT2D eigenvalue weighted by atomic mass is 9.81. The molecule has 5 nitrogen and oxygen atoms in total. The van der Waals surface area contributed by atoms with E-state index in [4.69, 9.17) is 17.0 Å². The van der Waals surface area contributed by atoms with E-state index in [1.165, 1.54) is 64.2 Å². The summed E-state index contributed by atoms with van der Waals surface area (Å²) in [6, 6.07) is 10.2. The van der Waals surface area contributed by atoms with Crippen LogP contribution in [0.15, 0.2) is 30.3 Å². The van der Waals surface area contributed by atoms with Crippen molar-refractivity contribution in [3.05, 3.63) is 35.9 Å². The fourth-order valence-electron chi connectivity index (χ4n) is 5.33. The van der Waals surface area contributed by atoms with E-state index in [1.807, 2.05) is 32.0 Å². The second-order valence-electron chi connectivity index (χ2n) is 12.2. The van der Waals surface area contributed by atoms with Gasteiger partial charge in [0.2, 0.25) is 5.91 Å². The van der Waals surface area contributed by atoms with Crippen molar-refractivity contribution < 1.29 is 19.1 Å². The Balaban J connectivity index is 1.89. The molecule has 0 aromatic heterocycles. The minimum atomic E-state index is -0.648. The van der Waals surface area contributed by atoms with E-state index in [1.54, 1.807) is 28.4 Å². The number of esters is 1. The Labute approximate surface area is 269 Å². The van der Waals surface area contributed by atoms with E-state index in [0.717, 1.165) is 34.1 Å².